The van der Waals surface area contributed by atoms with E-state index in [1.807, 2.05) is 13.0 Å². The lowest BCUT2D eigenvalue weighted by molar-refractivity contribution is -0.136. The average molecular weight is 233 g/mol. The third kappa shape index (κ3) is 4.10. The van der Waals surface area contributed by atoms with Crippen LogP contribution in [-0.2, 0) is 14.3 Å². The van der Waals surface area contributed by atoms with E-state index in [4.69, 9.17) is 10.5 Å². The molecule has 1 amide bonds. The van der Waals surface area contributed by atoms with Crippen molar-refractivity contribution < 1.29 is 14.3 Å². The highest BCUT2D eigenvalue weighted by Crippen LogP contribution is 2.15. The first-order chi connectivity index (χ1) is 8.15. The molecule has 0 bridgehead atoms. The summed E-state index contributed by atoms with van der Waals surface area (Å²) in [5, 5.41) is 0. The zero-order valence-electron chi connectivity index (χ0n) is 9.68. The molecule has 1 rings (SSSR count). The molecule has 0 aromatic heterocycles. The second-order valence-electron chi connectivity index (χ2n) is 3.46. The summed E-state index contributed by atoms with van der Waals surface area (Å²) in [4.78, 5) is 22.6. The first kappa shape index (κ1) is 13.0. The fourth-order valence-corrected chi connectivity index (χ4v) is 1.29. The lowest BCUT2D eigenvalue weighted by atomic mass is 10.1. The monoisotopic (exact) mass is 233 g/mol. The van der Waals surface area contributed by atoms with Crippen LogP contribution in [0.3, 0.4) is 0 Å². The standard InChI is InChI=1S/C13H15NO3/c1-2-8-17-13(16)11(9-12(14)15)10-6-4-3-5-7-10/h3-7,9H,2,8H2,1H3,(H2,14,15). The SMILES string of the molecule is CCCOC(=O)C(=CC(N)=O)c1ccccc1. The molecule has 4 heteroatoms. The van der Waals surface area contributed by atoms with Gasteiger partial charge in [0.15, 0.2) is 0 Å². The number of amides is 1. The molecule has 0 aliphatic heterocycles. The molecule has 0 heterocycles. The van der Waals surface area contributed by atoms with Gasteiger partial charge in [0, 0.05) is 6.08 Å². The van der Waals surface area contributed by atoms with E-state index in [0.29, 0.717) is 12.2 Å². The Hall–Kier alpha value is -2.10. The van der Waals surface area contributed by atoms with Gasteiger partial charge in [-0.25, -0.2) is 4.79 Å². The van der Waals surface area contributed by atoms with E-state index in [2.05, 4.69) is 0 Å². The Kier molecular flexibility index (Phi) is 4.94. The smallest absolute Gasteiger partial charge is 0.338 e. The summed E-state index contributed by atoms with van der Waals surface area (Å²) in [6.45, 7) is 2.22. The predicted octanol–water partition coefficient (Wildman–Crippen LogP) is 1.51. The van der Waals surface area contributed by atoms with Crippen molar-refractivity contribution in [2.24, 2.45) is 5.73 Å². The van der Waals surface area contributed by atoms with Gasteiger partial charge in [0.2, 0.25) is 5.91 Å². The van der Waals surface area contributed by atoms with Crippen LogP contribution in [0, 0.1) is 0 Å². The molecule has 0 atom stereocenters. The third-order valence-corrected chi connectivity index (χ3v) is 2.03. The largest absolute Gasteiger partial charge is 0.462 e. The van der Waals surface area contributed by atoms with Crippen LogP contribution in [0.25, 0.3) is 5.57 Å². The molecular weight excluding hydrogens is 218 g/mol. The van der Waals surface area contributed by atoms with Crippen LogP contribution in [0.5, 0.6) is 0 Å². The van der Waals surface area contributed by atoms with E-state index in [1.54, 1.807) is 24.3 Å². The van der Waals surface area contributed by atoms with Crippen molar-refractivity contribution in [3.05, 3.63) is 42.0 Å². The molecule has 0 unspecified atom stereocenters. The van der Waals surface area contributed by atoms with Crippen LogP contribution >= 0.6 is 0 Å². The maximum atomic E-state index is 11.7. The second kappa shape index (κ2) is 6.48. The number of primary amides is 1. The molecule has 1 aromatic carbocycles. The molecule has 0 aliphatic carbocycles. The quantitative estimate of drug-likeness (QED) is 0.619. The van der Waals surface area contributed by atoms with Crippen molar-refractivity contribution in [2.45, 2.75) is 13.3 Å². The Labute approximate surface area is 100 Å². The summed E-state index contributed by atoms with van der Waals surface area (Å²) in [5.41, 5.74) is 5.88. The third-order valence-electron chi connectivity index (χ3n) is 2.03. The highest BCUT2D eigenvalue weighted by molar-refractivity contribution is 6.20. The fourth-order valence-electron chi connectivity index (χ4n) is 1.29. The summed E-state index contributed by atoms with van der Waals surface area (Å²) < 4.78 is 4.99. The normalized spacial score (nSPS) is 11.0. The van der Waals surface area contributed by atoms with E-state index < -0.39 is 11.9 Å². The number of hydrogen-bond donors (Lipinski definition) is 1. The molecule has 0 saturated carbocycles. The van der Waals surface area contributed by atoms with Crippen molar-refractivity contribution in [1.29, 1.82) is 0 Å². The first-order valence-electron chi connectivity index (χ1n) is 5.38. The number of benzene rings is 1. The molecule has 17 heavy (non-hydrogen) atoms. The van der Waals surface area contributed by atoms with Gasteiger partial charge in [0.05, 0.1) is 12.2 Å². The number of ether oxygens (including phenoxy) is 1. The molecule has 2 N–H and O–H groups in total. The van der Waals surface area contributed by atoms with Gasteiger partial charge in [-0.05, 0) is 12.0 Å². The zero-order chi connectivity index (χ0) is 12.7. The maximum absolute atomic E-state index is 11.7. The second-order valence-corrected chi connectivity index (χ2v) is 3.46. The molecule has 0 radical (unpaired) electrons. The molecule has 90 valence electrons. The molecule has 0 fully saturated rings. The van der Waals surface area contributed by atoms with E-state index >= 15 is 0 Å². The predicted molar refractivity (Wildman–Crippen MR) is 64.9 cm³/mol. The van der Waals surface area contributed by atoms with Crippen LogP contribution in [0.4, 0.5) is 0 Å². The van der Waals surface area contributed by atoms with Crippen molar-refractivity contribution in [3.8, 4) is 0 Å². The summed E-state index contributed by atoms with van der Waals surface area (Å²) in [6, 6.07) is 8.82. The van der Waals surface area contributed by atoms with Crippen LogP contribution in [0.15, 0.2) is 36.4 Å². The van der Waals surface area contributed by atoms with Gasteiger partial charge in [-0.15, -0.1) is 0 Å². The topological polar surface area (TPSA) is 69.4 Å². The van der Waals surface area contributed by atoms with Gasteiger partial charge < -0.3 is 10.5 Å². The summed E-state index contributed by atoms with van der Waals surface area (Å²) >= 11 is 0. The van der Waals surface area contributed by atoms with E-state index in [-0.39, 0.29) is 5.57 Å². The minimum absolute atomic E-state index is 0.187. The van der Waals surface area contributed by atoms with Crippen molar-refractivity contribution in [3.63, 3.8) is 0 Å². The summed E-state index contributed by atoms with van der Waals surface area (Å²) in [5.74, 6) is -1.20. The van der Waals surface area contributed by atoms with Gasteiger partial charge >= 0.3 is 5.97 Å². The minimum Gasteiger partial charge on any atom is -0.462 e. The van der Waals surface area contributed by atoms with Crippen molar-refractivity contribution >= 4 is 17.4 Å². The zero-order valence-corrected chi connectivity index (χ0v) is 9.68. The van der Waals surface area contributed by atoms with Gasteiger partial charge in [-0.1, -0.05) is 37.3 Å². The lowest BCUT2D eigenvalue weighted by Crippen LogP contribution is -2.13. The minimum atomic E-state index is -0.669. The Morgan fingerprint density at radius 1 is 1.29 bits per heavy atom. The summed E-state index contributed by atoms with van der Waals surface area (Å²) in [6.07, 6.45) is 1.82. The fraction of sp³-hybridized carbons (Fsp3) is 0.231. The van der Waals surface area contributed by atoms with Crippen LogP contribution in [-0.4, -0.2) is 18.5 Å². The maximum Gasteiger partial charge on any atom is 0.338 e. The highest BCUT2D eigenvalue weighted by Gasteiger charge is 2.13. The number of rotatable bonds is 5. The van der Waals surface area contributed by atoms with E-state index in [0.717, 1.165) is 12.5 Å². The molecule has 1 aromatic rings. The van der Waals surface area contributed by atoms with E-state index in [1.165, 1.54) is 0 Å². The Bertz CT molecular complexity index is 424. The Morgan fingerprint density at radius 3 is 2.47 bits per heavy atom. The first-order valence-corrected chi connectivity index (χ1v) is 5.38. The van der Waals surface area contributed by atoms with Crippen LogP contribution < -0.4 is 5.73 Å². The van der Waals surface area contributed by atoms with Gasteiger partial charge in [0.1, 0.15) is 0 Å². The number of hydrogen-bond acceptors (Lipinski definition) is 3. The highest BCUT2D eigenvalue weighted by atomic mass is 16.5. The number of nitrogens with two attached hydrogens (primary N) is 1. The number of carbonyl (C=O) groups excluding carboxylic acids is 2. The molecule has 4 nitrogen and oxygen atoms in total. The Balaban J connectivity index is 2.97. The van der Waals surface area contributed by atoms with Gasteiger partial charge in [-0.3, -0.25) is 4.79 Å². The van der Waals surface area contributed by atoms with Crippen molar-refractivity contribution in [2.75, 3.05) is 6.61 Å². The number of esters is 1. The van der Waals surface area contributed by atoms with E-state index in [9.17, 15) is 9.59 Å². The van der Waals surface area contributed by atoms with Crippen LogP contribution in [0.1, 0.15) is 18.9 Å². The summed E-state index contributed by atoms with van der Waals surface area (Å²) in [7, 11) is 0. The van der Waals surface area contributed by atoms with Gasteiger partial charge in [-0.2, -0.15) is 0 Å². The van der Waals surface area contributed by atoms with Gasteiger partial charge in [0.25, 0.3) is 0 Å². The molecular formula is C13H15NO3. The Morgan fingerprint density at radius 2 is 1.94 bits per heavy atom. The average Bonchev–Trinajstić information content (AvgIpc) is 2.34. The molecule has 0 spiro atoms. The molecule has 0 aliphatic rings. The lowest BCUT2D eigenvalue weighted by Gasteiger charge is -2.07. The number of carbonyl (C=O) groups is 2. The molecule has 0 saturated heterocycles. The van der Waals surface area contributed by atoms with Crippen molar-refractivity contribution in [1.82, 2.24) is 0 Å². The van der Waals surface area contributed by atoms with Crippen LogP contribution in [0.2, 0.25) is 0 Å².